The Balaban J connectivity index is 2.30. The topological polar surface area (TPSA) is 45.8 Å². The minimum Gasteiger partial charge on any atom is -0.310 e. The van der Waals surface area contributed by atoms with Crippen molar-refractivity contribution in [1.82, 2.24) is 9.97 Å². The summed E-state index contributed by atoms with van der Waals surface area (Å²) in [6.45, 7) is 0. The van der Waals surface area contributed by atoms with Gasteiger partial charge in [0.2, 0.25) is 0 Å². The van der Waals surface area contributed by atoms with Crippen LogP contribution in [0.2, 0.25) is 5.02 Å². The van der Waals surface area contributed by atoms with E-state index in [2.05, 4.69) is 9.97 Å². The molecule has 0 fully saturated rings. The summed E-state index contributed by atoms with van der Waals surface area (Å²) in [4.78, 5) is 17.8. The molecular formula is C11H9ClN2O. The molecule has 0 radical (unpaired) electrons. The van der Waals surface area contributed by atoms with Gasteiger partial charge < -0.3 is 4.98 Å². The highest BCUT2D eigenvalue weighted by atomic mass is 35.5. The minimum absolute atomic E-state index is 0.146. The normalized spacial score (nSPS) is 10.2. The van der Waals surface area contributed by atoms with Gasteiger partial charge in [-0.1, -0.05) is 29.8 Å². The van der Waals surface area contributed by atoms with Gasteiger partial charge in [-0.05, 0) is 11.6 Å². The third-order valence-electron chi connectivity index (χ3n) is 2.04. The summed E-state index contributed by atoms with van der Waals surface area (Å²) < 4.78 is 0. The lowest BCUT2D eigenvalue weighted by Crippen LogP contribution is -2.09. The van der Waals surface area contributed by atoms with Crippen LogP contribution >= 0.6 is 11.6 Å². The monoisotopic (exact) mass is 220 g/mol. The molecule has 2 rings (SSSR count). The Bertz CT molecular complexity index is 522. The molecule has 1 N–H and O–H groups in total. The molecule has 15 heavy (non-hydrogen) atoms. The van der Waals surface area contributed by atoms with Gasteiger partial charge >= 0.3 is 0 Å². The minimum atomic E-state index is -0.146. The number of benzene rings is 1. The van der Waals surface area contributed by atoms with Crippen LogP contribution in [-0.2, 0) is 6.42 Å². The summed E-state index contributed by atoms with van der Waals surface area (Å²) in [5, 5.41) is 0.684. The zero-order chi connectivity index (χ0) is 10.7. The van der Waals surface area contributed by atoms with Crippen LogP contribution in [0.1, 0.15) is 11.4 Å². The fourth-order valence-electron chi connectivity index (χ4n) is 1.32. The van der Waals surface area contributed by atoms with Gasteiger partial charge in [0.25, 0.3) is 5.56 Å². The maximum atomic E-state index is 11.0. The van der Waals surface area contributed by atoms with Crippen molar-refractivity contribution in [1.29, 1.82) is 0 Å². The Kier molecular flexibility index (Phi) is 2.83. The molecule has 0 amide bonds. The van der Waals surface area contributed by atoms with Crippen LogP contribution in [0.3, 0.4) is 0 Å². The van der Waals surface area contributed by atoms with Gasteiger partial charge in [0, 0.05) is 23.7 Å². The van der Waals surface area contributed by atoms with E-state index >= 15 is 0 Å². The van der Waals surface area contributed by atoms with Crippen LogP contribution in [-0.4, -0.2) is 9.97 Å². The maximum Gasteiger partial charge on any atom is 0.250 e. The van der Waals surface area contributed by atoms with E-state index < -0.39 is 0 Å². The zero-order valence-corrected chi connectivity index (χ0v) is 8.66. The van der Waals surface area contributed by atoms with E-state index in [-0.39, 0.29) is 5.56 Å². The molecule has 0 unspecified atom stereocenters. The fourth-order valence-corrected chi connectivity index (χ4v) is 1.53. The molecule has 2 aromatic rings. The lowest BCUT2D eigenvalue weighted by Gasteiger charge is -2.02. The summed E-state index contributed by atoms with van der Waals surface area (Å²) in [5.74, 6) is 0.621. The molecule has 76 valence electrons. The van der Waals surface area contributed by atoms with Crippen molar-refractivity contribution in [3.63, 3.8) is 0 Å². The number of nitrogens with one attached hydrogen (secondary N) is 1. The Morgan fingerprint density at radius 2 is 2.07 bits per heavy atom. The Hall–Kier alpha value is -1.61. The number of hydrogen-bond acceptors (Lipinski definition) is 2. The van der Waals surface area contributed by atoms with Gasteiger partial charge in [0.05, 0.1) is 0 Å². The summed E-state index contributed by atoms with van der Waals surface area (Å²) in [6, 6.07) is 8.89. The van der Waals surface area contributed by atoms with E-state index in [1.54, 1.807) is 0 Å². The standard InChI is InChI=1S/C11H9ClN2O/c12-9-4-2-1-3-8(9)7-10-13-6-5-11(15)14-10/h1-6H,7H2,(H,13,14,15). The number of halogens is 1. The third-order valence-corrected chi connectivity index (χ3v) is 2.41. The number of H-pyrrole nitrogens is 1. The second-order valence-electron chi connectivity index (χ2n) is 3.15. The van der Waals surface area contributed by atoms with E-state index in [4.69, 9.17) is 11.6 Å². The van der Waals surface area contributed by atoms with Gasteiger partial charge in [0.1, 0.15) is 5.82 Å². The highest BCUT2D eigenvalue weighted by molar-refractivity contribution is 6.31. The van der Waals surface area contributed by atoms with Crippen molar-refractivity contribution in [2.45, 2.75) is 6.42 Å². The Labute approximate surface area is 91.8 Å². The molecule has 0 spiro atoms. The molecule has 0 aliphatic carbocycles. The van der Waals surface area contributed by atoms with Crippen LogP contribution in [0.4, 0.5) is 0 Å². The third kappa shape index (κ3) is 2.44. The van der Waals surface area contributed by atoms with E-state index in [0.717, 1.165) is 5.56 Å². The largest absolute Gasteiger partial charge is 0.310 e. The van der Waals surface area contributed by atoms with Gasteiger partial charge in [-0.15, -0.1) is 0 Å². The first kappa shape index (κ1) is 9.93. The average molecular weight is 221 g/mol. The van der Waals surface area contributed by atoms with Crippen molar-refractivity contribution in [2.75, 3.05) is 0 Å². The molecule has 1 aromatic carbocycles. The first-order valence-electron chi connectivity index (χ1n) is 4.53. The van der Waals surface area contributed by atoms with Crippen molar-refractivity contribution in [2.24, 2.45) is 0 Å². The highest BCUT2D eigenvalue weighted by Gasteiger charge is 2.01. The molecule has 0 atom stereocenters. The summed E-state index contributed by atoms with van der Waals surface area (Å²) in [7, 11) is 0. The molecule has 4 heteroatoms. The van der Waals surface area contributed by atoms with E-state index in [1.807, 2.05) is 24.3 Å². The number of nitrogens with zero attached hydrogens (tertiary/aromatic N) is 1. The van der Waals surface area contributed by atoms with Crippen LogP contribution < -0.4 is 5.56 Å². The van der Waals surface area contributed by atoms with Crippen LogP contribution in [0.15, 0.2) is 41.3 Å². The summed E-state index contributed by atoms with van der Waals surface area (Å²) in [6.07, 6.45) is 2.03. The van der Waals surface area contributed by atoms with Crippen molar-refractivity contribution >= 4 is 11.6 Å². The molecular weight excluding hydrogens is 212 g/mol. The molecule has 0 saturated carbocycles. The van der Waals surface area contributed by atoms with E-state index in [0.29, 0.717) is 17.3 Å². The quantitative estimate of drug-likeness (QED) is 0.842. The van der Waals surface area contributed by atoms with Gasteiger partial charge in [-0.25, -0.2) is 4.98 Å². The Morgan fingerprint density at radius 3 is 2.80 bits per heavy atom. The summed E-state index contributed by atoms with van der Waals surface area (Å²) >= 11 is 5.99. The molecule has 0 bridgehead atoms. The number of hydrogen-bond donors (Lipinski definition) is 1. The lowest BCUT2D eigenvalue weighted by atomic mass is 10.1. The molecule has 0 aliphatic heterocycles. The second-order valence-corrected chi connectivity index (χ2v) is 3.56. The molecule has 0 aliphatic rings. The number of aromatic amines is 1. The lowest BCUT2D eigenvalue weighted by molar-refractivity contribution is 0.946. The van der Waals surface area contributed by atoms with Gasteiger partial charge in [-0.2, -0.15) is 0 Å². The molecule has 1 aromatic heterocycles. The average Bonchev–Trinajstić information content (AvgIpc) is 2.22. The number of rotatable bonds is 2. The van der Waals surface area contributed by atoms with Crippen molar-refractivity contribution in [3.05, 3.63) is 63.3 Å². The first-order chi connectivity index (χ1) is 7.25. The highest BCUT2D eigenvalue weighted by Crippen LogP contribution is 2.16. The van der Waals surface area contributed by atoms with Gasteiger partial charge in [0.15, 0.2) is 0 Å². The first-order valence-corrected chi connectivity index (χ1v) is 4.91. The second kappa shape index (κ2) is 4.28. The van der Waals surface area contributed by atoms with Crippen LogP contribution in [0.5, 0.6) is 0 Å². The smallest absolute Gasteiger partial charge is 0.250 e. The van der Waals surface area contributed by atoms with E-state index in [9.17, 15) is 4.79 Å². The van der Waals surface area contributed by atoms with Crippen molar-refractivity contribution < 1.29 is 0 Å². The van der Waals surface area contributed by atoms with Crippen LogP contribution in [0, 0.1) is 0 Å². The zero-order valence-electron chi connectivity index (χ0n) is 7.90. The SMILES string of the molecule is O=c1ccnc(Cc2ccccc2Cl)[nH]1. The Morgan fingerprint density at radius 1 is 1.27 bits per heavy atom. The maximum absolute atomic E-state index is 11.0. The predicted octanol–water partition coefficient (Wildman–Crippen LogP) is 2.01. The predicted molar refractivity (Wildman–Crippen MR) is 59.1 cm³/mol. The van der Waals surface area contributed by atoms with Gasteiger partial charge in [-0.3, -0.25) is 4.79 Å². The number of aromatic nitrogens is 2. The summed E-state index contributed by atoms with van der Waals surface area (Å²) in [5.41, 5.74) is 0.806. The fraction of sp³-hybridized carbons (Fsp3) is 0.0909. The molecule has 1 heterocycles. The molecule has 3 nitrogen and oxygen atoms in total. The van der Waals surface area contributed by atoms with Crippen LogP contribution in [0.25, 0.3) is 0 Å². The van der Waals surface area contributed by atoms with Crippen molar-refractivity contribution in [3.8, 4) is 0 Å². The molecule has 0 saturated heterocycles. The van der Waals surface area contributed by atoms with E-state index in [1.165, 1.54) is 12.3 Å².